The molecule has 1 radical (unpaired) electrons. The third-order valence-electron chi connectivity index (χ3n) is 7.58. The number of H-pyrrole nitrogens is 1. The van der Waals surface area contributed by atoms with Crippen LogP contribution in [0.2, 0.25) is 0 Å². The van der Waals surface area contributed by atoms with Crippen LogP contribution in [0, 0.1) is 0 Å². The molecule has 17 N–H and O–H groups in total. The van der Waals surface area contributed by atoms with E-state index in [1.165, 1.54) is 30.5 Å². The summed E-state index contributed by atoms with van der Waals surface area (Å²) in [5.41, 5.74) is 5.90. The minimum Gasteiger partial charge on any atom is -0.481 e. The number of rotatable bonds is 20. The monoisotopic (exact) mass is 878 g/mol. The van der Waals surface area contributed by atoms with E-state index in [0.29, 0.717) is 11.4 Å². The molecule has 0 fully saturated rings. The summed E-state index contributed by atoms with van der Waals surface area (Å²) in [4.78, 5) is 84.8. The normalized spacial score (nSPS) is 15.6. The molecule has 3 rings (SSSR count). The van der Waals surface area contributed by atoms with Gasteiger partial charge < -0.3 is 82.4 Å². The number of esters is 1. The number of ether oxygens (including phenoxy) is 1. The number of aliphatic hydroxyl groups is 9. The molecule has 0 saturated heterocycles. The number of nitrogen functional groups attached to an aromatic ring is 1. The Bertz CT molecular complexity index is 1910. The fourth-order valence-electron chi connectivity index (χ4n) is 4.40. The fraction of sp³-hybridized carbons (Fsp3) is 0.452. The average molecular weight is 879 g/mol. The molecule has 1 aromatic carbocycles. The number of aliphatic hydroxyl groups excluding tert-OH is 9. The summed E-state index contributed by atoms with van der Waals surface area (Å²) in [6.07, 6.45) is -16.6. The summed E-state index contributed by atoms with van der Waals surface area (Å²) in [6.45, 7) is -1.76. The molecule has 0 aliphatic rings. The van der Waals surface area contributed by atoms with E-state index in [2.05, 4.69) is 30.6 Å². The number of carbonyl (C=O) groups is 5. The molecular formula is C31H41CuN7O19. The van der Waals surface area contributed by atoms with Crippen LogP contribution in [0.3, 0.4) is 0 Å². The Hall–Kier alpha value is -5.45. The van der Waals surface area contributed by atoms with Crippen LogP contribution < -0.4 is 21.9 Å². The first-order valence-electron chi connectivity index (χ1n) is 16.2. The number of hydrogen-bond donors (Lipinski definition) is 16. The number of nitrogens with zero attached hydrogens (tertiary/aromatic N) is 3. The standard InChI is InChI=1S/C25H29N7O12.C6H12O7.Cu/c26-25-31-20-16(22(40)32-25)29-12(8-28-20)7-27-11-3-1-10(2-4-11)21(39)30-13(5-6-15(35)36)24(43)44-19(23(41)42)18(38)17(37)14(34)9-33;7-1-2(8)3(9)4(10)5(11)6(12)13;/h1-4,8,13-14,17-19,27,33-34,37-38H,5-7,9H2,(H,30,39)(H,35,36)(H,41,42)(H3,26,28,31,32,40);2-5,7-11H,1H2,(H,12,13);/t13?,14-,17-,18+,19-;2-,3-,4+,5-;/m11./s1. The van der Waals surface area contributed by atoms with Gasteiger partial charge in [0.25, 0.3) is 11.5 Å². The van der Waals surface area contributed by atoms with Crippen LogP contribution in [0.25, 0.3) is 11.2 Å². The Morgan fingerprint density at radius 2 is 1.38 bits per heavy atom. The number of fused-ring (bicyclic) bond motifs is 1. The number of carbonyl (C=O) groups excluding carboxylic acids is 2. The molecule has 2 aromatic heterocycles. The summed E-state index contributed by atoms with van der Waals surface area (Å²) in [5.74, 6) is -7.40. The first-order chi connectivity index (χ1) is 26.7. The van der Waals surface area contributed by atoms with E-state index in [-0.39, 0.29) is 46.3 Å². The van der Waals surface area contributed by atoms with Gasteiger partial charge in [0.1, 0.15) is 42.7 Å². The number of anilines is 2. The van der Waals surface area contributed by atoms with Crippen molar-refractivity contribution in [3.05, 3.63) is 52.1 Å². The molecule has 0 bridgehead atoms. The molecule has 0 aliphatic carbocycles. The van der Waals surface area contributed by atoms with Crippen LogP contribution >= 0.6 is 0 Å². The van der Waals surface area contributed by atoms with Crippen LogP contribution in [0.15, 0.2) is 35.3 Å². The topological polar surface area (TPSA) is 459 Å². The number of aromatic nitrogens is 4. The fourth-order valence-corrected chi connectivity index (χ4v) is 4.40. The number of benzene rings is 1. The number of aromatic amines is 1. The molecule has 325 valence electrons. The molecule has 27 heteroatoms. The molecular weight excluding hydrogens is 838 g/mol. The molecule has 58 heavy (non-hydrogen) atoms. The second-order valence-electron chi connectivity index (χ2n) is 11.8. The zero-order chi connectivity index (χ0) is 43.1. The first-order valence-corrected chi connectivity index (χ1v) is 16.2. The van der Waals surface area contributed by atoms with E-state index in [1.807, 2.05) is 0 Å². The van der Waals surface area contributed by atoms with Crippen molar-refractivity contribution in [3.63, 3.8) is 0 Å². The van der Waals surface area contributed by atoms with Gasteiger partial charge in [-0.15, -0.1) is 0 Å². The van der Waals surface area contributed by atoms with Crippen molar-refractivity contribution >= 4 is 52.6 Å². The average Bonchev–Trinajstić information content (AvgIpc) is 3.18. The summed E-state index contributed by atoms with van der Waals surface area (Å²) < 4.78 is 4.75. The number of amides is 1. The zero-order valence-corrected chi connectivity index (χ0v) is 30.5. The van der Waals surface area contributed by atoms with E-state index >= 15 is 0 Å². The van der Waals surface area contributed by atoms with E-state index in [0.717, 1.165) is 0 Å². The van der Waals surface area contributed by atoms with Crippen LogP contribution in [0.1, 0.15) is 28.9 Å². The Morgan fingerprint density at radius 3 is 1.90 bits per heavy atom. The third-order valence-corrected chi connectivity index (χ3v) is 7.58. The van der Waals surface area contributed by atoms with Crippen LogP contribution in [0.4, 0.5) is 11.6 Å². The zero-order valence-electron chi connectivity index (χ0n) is 29.6. The predicted octanol–water partition coefficient (Wildman–Crippen LogP) is -6.55. The molecule has 9 atom stereocenters. The van der Waals surface area contributed by atoms with E-state index in [1.54, 1.807) is 0 Å². The number of hydrogen-bond acceptors (Lipinski definition) is 21. The largest absolute Gasteiger partial charge is 0.481 e. The first kappa shape index (κ1) is 50.6. The van der Waals surface area contributed by atoms with Gasteiger partial charge in [-0.25, -0.2) is 24.4 Å². The maximum Gasteiger partial charge on any atom is 0.347 e. The van der Waals surface area contributed by atoms with E-state index in [4.69, 9.17) is 51.3 Å². The molecule has 0 aliphatic heterocycles. The van der Waals surface area contributed by atoms with Crippen molar-refractivity contribution < 1.29 is 107 Å². The second kappa shape index (κ2) is 23.7. The smallest absolute Gasteiger partial charge is 0.347 e. The Labute approximate surface area is 335 Å². The number of nitrogens with one attached hydrogen (secondary N) is 3. The van der Waals surface area contributed by atoms with Crippen molar-refractivity contribution in [1.29, 1.82) is 0 Å². The molecule has 1 amide bonds. The molecule has 26 nitrogen and oxygen atoms in total. The molecule has 0 saturated carbocycles. The maximum absolute atomic E-state index is 12.8. The minimum absolute atomic E-state index is 0. The van der Waals surface area contributed by atoms with E-state index in [9.17, 15) is 49.2 Å². The summed E-state index contributed by atoms with van der Waals surface area (Å²) >= 11 is 0. The summed E-state index contributed by atoms with van der Waals surface area (Å²) in [5, 5.41) is 114. The SMILES string of the molecule is Nc1nc2ncc(CNc3ccc(C(=O)NC(CCC(=O)O)C(=O)O[C@@H](C(=O)O)[C@@H](O)[C@H](O)[C@H](O)CO)cc3)nc2c(=O)[nH]1.O=C(O)[C@H](O)[C@@H](O)[C@H](O)[C@H](O)CO.[Cu]. The number of carboxylic acid groups (broad SMARTS) is 3. The number of carboxylic acids is 3. The van der Waals surface area contributed by atoms with Gasteiger partial charge in [-0.2, -0.15) is 4.98 Å². The van der Waals surface area contributed by atoms with Crippen molar-refractivity contribution in [2.24, 2.45) is 0 Å². The Kier molecular flexibility index (Phi) is 20.7. The maximum atomic E-state index is 12.8. The van der Waals surface area contributed by atoms with Gasteiger partial charge in [-0.3, -0.25) is 19.4 Å². The molecule has 2 heterocycles. The van der Waals surface area contributed by atoms with Gasteiger partial charge in [-0.1, -0.05) is 0 Å². The summed E-state index contributed by atoms with van der Waals surface area (Å²) in [7, 11) is 0. The van der Waals surface area contributed by atoms with Gasteiger partial charge in [0.05, 0.1) is 31.6 Å². The minimum atomic E-state index is -2.44. The van der Waals surface area contributed by atoms with Crippen molar-refractivity contribution in [1.82, 2.24) is 25.3 Å². The third kappa shape index (κ3) is 14.8. The van der Waals surface area contributed by atoms with Gasteiger partial charge in [-0.05, 0) is 30.7 Å². The Morgan fingerprint density at radius 1 is 0.810 bits per heavy atom. The summed E-state index contributed by atoms with van der Waals surface area (Å²) in [6, 6.07) is 4.01. The van der Waals surface area contributed by atoms with Crippen LogP contribution in [0.5, 0.6) is 0 Å². The van der Waals surface area contributed by atoms with Crippen LogP contribution in [-0.4, -0.2) is 179 Å². The van der Waals surface area contributed by atoms with Crippen LogP contribution in [-0.2, 0) is 47.5 Å². The van der Waals surface area contributed by atoms with Gasteiger partial charge in [0.15, 0.2) is 17.3 Å². The van der Waals surface area contributed by atoms with Gasteiger partial charge in [0, 0.05) is 34.7 Å². The van der Waals surface area contributed by atoms with Crippen molar-refractivity contribution in [2.75, 3.05) is 24.3 Å². The van der Waals surface area contributed by atoms with Gasteiger partial charge in [0.2, 0.25) is 12.1 Å². The quantitative estimate of drug-likeness (QED) is 0.0370. The second-order valence-corrected chi connectivity index (χ2v) is 11.8. The number of aliphatic carboxylic acids is 3. The molecule has 0 spiro atoms. The van der Waals surface area contributed by atoms with Crippen molar-refractivity contribution in [2.45, 2.75) is 74.3 Å². The van der Waals surface area contributed by atoms with E-state index < -0.39 is 116 Å². The molecule has 1 unspecified atom stereocenters. The molecule has 3 aromatic rings. The Balaban J connectivity index is 0.00000103. The van der Waals surface area contributed by atoms with Crippen molar-refractivity contribution in [3.8, 4) is 0 Å². The van der Waals surface area contributed by atoms with Gasteiger partial charge >= 0.3 is 23.9 Å². The predicted molar refractivity (Wildman–Crippen MR) is 186 cm³/mol. The number of nitrogens with two attached hydrogens (primary N) is 1.